The van der Waals surface area contributed by atoms with Gasteiger partial charge in [0.05, 0.1) is 25.4 Å². The van der Waals surface area contributed by atoms with E-state index in [1.54, 1.807) is 7.11 Å². The van der Waals surface area contributed by atoms with Gasteiger partial charge in [-0.3, -0.25) is 0 Å². The molecule has 1 unspecified atom stereocenters. The maximum Gasteiger partial charge on any atom is 0.146 e. The van der Waals surface area contributed by atoms with E-state index in [2.05, 4.69) is 19.1 Å². The van der Waals surface area contributed by atoms with Crippen LogP contribution in [0.3, 0.4) is 0 Å². The molecule has 2 aliphatic heterocycles. The van der Waals surface area contributed by atoms with Gasteiger partial charge in [-0.15, -0.1) is 0 Å². The number of hydrogen-bond donors (Lipinski definition) is 0. The zero-order valence-electron chi connectivity index (χ0n) is 13.0. The summed E-state index contributed by atoms with van der Waals surface area (Å²) in [6.45, 7) is 5.24. The molecule has 0 aromatic heterocycles. The molecule has 2 aliphatic rings. The molecule has 2 saturated heterocycles. The van der Waals surface area contributed by atoms with E-state index in [1.165, 1.54) is 0 Å². The van der Waals surface area contributed by atoms with Gasteiger partial charge in [0.2, 0.25) is 0 Å². The molecule has 2 fully saturated rings. The first-order valence-corrected chi connectivity index (χ1v) is 7.69. The fraction of sp³-hybridized carbons (Fsp3) is 0.647. The Morgan fingerprint density at radius 1 is 1.24 bits per heavy atom. The summed E-state index contributed by atoms with van der Waals surface area (Å²) < 4.78 is 23.9. The van der Waals surface area contributed by atoms with Gasteiger partial charge in [-0.1, -0.05) is 37.3 Å². The standard InChI is InChI=1S/C17H24O4/c1-4-14-17(11-19-10-13-8-6-5-7-9-13)16(18-3)15(20-14)12(2)21-17/h5-9,12,14-16H,4,10-11H2,1-3H3/t12-,14?,15-,16-,17-/m0/s1. The van der Waals surface area contributed by atoms with Crippen LogP contribution < -0.4 is 0 Å². The Morgan fingerprint density at radius 2 is 2.00 bits per heavy atom. The SMILES string of the molecule is CCC1O[C@H]2[C@H](C)O[C@]1(COCc1ccccc1)[C@H]2OC. The fourth-order valence-corrected chi connectivity index (χ4v) is 3.64. The summed E-state index contributed by atoms with van der Waals surface area (Å²) in [5, 5.41) is 0. The summed E-state index contributed by atoms with van der Waals surface area (Å²) in [5.74, 6) is 0. The maximum atomic E-state index is 6.22. The average Bonchev–Trinajstić information content (AvgIpc) is 2.95. The normalized spacial score (nSPS) is 38.0. The summed E-state index contributed by atoms with van der Waals surface area (Å²) in [6.07, 6.45) is 0.962. The maximum absolute atomic E-state index is 6.22. The number of hydrogen-bond acceptors (Lipinski definition) is 4. The van der Waals surface area contributed by atoms with Crippen LogP contribution in [0.1, 0.15) is 25.8 Å². The second kappa shape index (κ2) is 6.05. The highest BCUT2D eigenvalue weighted by Crippen LogP contribution is 2.47. The van der Waals surface area contributed by atoms with Crippen molar-refractivity contribution < 1.29 is 18.9 Å². The molecule has 0 radical (unpaired) electrons. The molecular formula is C17H24O4. The van der Waals surface area contributed by atoms with Gasteiger partial charge in [-0.05, 0) is 18.9 Å². The number of benzene rings is 1. The van der Waals surface area contributed by atoms with Crippen LogP contribution in [-0.2, 0) is 25.6 Å². The van der Waals surface area contributed by atoms with Crippen molar-refractivity contribution in [3.63, 3.8) is 0 Å². The highest BCUT2D eigenvalue weighted by Gasteiger charge is 2.65. The molecule has 21 heavy (non-hydrogen) atoms. The molecule has 4 heteroatoms. The predicted octanol–water partition coefficient (Wildman–Crippen LogP) is 2.55. The quantitative estimate of drug-likeness (QED) is 0.807. The molecule has 5 atom stereocenters. The lowest BCUT2D eigenvalue weighted by molar-refractivity contribution is -0.204. The van der Waals surface area contributed by atoms with E-state index in [1.807, 2.05) is 25.1 Å². The second-order valence-corrected chi connectivity index (χ2v) is 5.91. The minimum atomic E-state index is -0.470. The molecule has 2 bridgehead atoms. The first-order chi connectivity index (χ1) is 10.2. The van der Waals surface area contributed by atoms with Gasteiger partial charge in [-0.2, -0.15) is 0 Å². The molecule has 0 amide bonds. The highest BCUT2D eigenvalue weighted by atomic mass is 16.7. The minimum absolute atomic E-state index is 0.0141. The Kier molecular flexibility index (Phi) is 4.31. The van der Waals surface area contributed by atoms with E-state index in [0.717, 1.165) is 12.0 Å². The lowest BCUT2D eigenvalue weighted by atomic mass is 9.91. The average molecular weight is 292 g/mol. The van der Waals surface area contributed by atoms with E-state index in [9.17, 15) is 0 Å². The fourth-order valence-electron chi connectivity index (χ4n) is 3.64. The highest BCUT2D eigenvalue weighted by molar-refractivity contribution is 5.15. The summed E-state index contributed by atoms with van der Waals surface area (Å²) in [4.78, 5) is 0. The largest absolute Gasteiger partial charge is 0.375 e. The van der Waals surface area contributed by atoms with Crippen LogP contribution in [0, 0.1) is 0 Å². The van der Waals surface area contributed by atoms with E-state index >= 15 is 0 Å². The topological polar surface area (TPSA) is 36.9 Å². The molecule has 3 rings (SSSR count). The lowest BCUT2D eigenvalue weighted by Gasteiger charge is -2.36. The summed E-state index contributed by atoms with van der Waals surface area (Å²) in [6, 6.07) is 10.2. The van der Waals surface area contributed by atoms with Crippen LogP contribution >= 0.6 is 0 Å². The number of ether oxygens (including phenoxy) is 4. The van der Waals surface area contributed by atoms with Crippen molar-refractivity contribution in [1.29, 1.82) is 0 Å². The predicted molar refractivity (Wildman–Crippen MR) is 79.1 cm³/mol. The Balaban J connectivity index is 1.68. The third kappa shape index (κ3) is 2.50. The molecule has 0 N–H and O–H groups in total. The van der Waals surface area contributed by atoms with Gasteiger partial charge >= 0.3 is 0 Å². The van der Waals surface area contributed by atoms with Gasteiger partial charge in [-0.25, -0.2) is 0 Å². The van der Waals surface area contributed by atoms with Gasteiger partial charge in [0.25, 0.3) is 0 Å². The van der Waals surface area contributed by atoms with E-state index < -0.39 is 5.60 Å². The van der Waals surface area contributed by atoms with Crippen molar-refractivity contribution >= 4 is 0 Å². The van der Waals surface area contributed by atoms with Crippen LogP contribution in [0.5, 0.6) is 0 Å². The molecule has 0 saturated carbocycles. The Hall–Kier alpha value is -0.940. The monoisotopic (exact) mass is 292 g/mol. The molecule has 2 heterocycles. The van der Waals surface area contributed by atoms with Crippen molar-refractivity contribution in [1.82, 2.24) is 0 Å². The van der Waals surface area contributed by atoms with Gasteiger partial charge in [0.1, 0.15) is 17.8 Å². The van der Waals surface area contributed by atoms with Crippen LogP contribution in [-0.4, -0.2) is 43.7 Å². The van der Waals surface area contributed by atoms with Crippen LogP contribution in [0.15, 0.2) is 30.3 Å². The lowest BCUT2D eigenvalue weighted by Crippen LogP contribution is -2.51. The van der Waals surface area contributed by atoms with Crippen molar-refractivity contribution in [3.05, 3.63) is 35.9 Å². The Bertz CT molecular complexity index is 463. The van der Waals surface area contributed by atoms with Crippen molar-refractivity contribution in [2.75, 3.05) is 13.7 Å². The third-order valence-corrected chi connectivity index (χ3v) is 4.58. The zero-order valence-corrected chi connectivity index (χ0v) is 13.0. The van der Waals surface area contributed by atoms with Crippen molar-refractivity contribution in [2.45, 2.75) is 56.9 Å². The van der Waals surface area contributed by atoms with E-state index in [0.29, 0.717) is 13.2 Å². The summed E-state index contributed by atoms with van der Waals surface area (Å²) >= 11 is 0. The van der Waals surface area contributed by atoms with Gasteiger partial charge < -0.3 is 18.9 Å². The smallest absolute Gasteiger partial charge is 0.146 e. The molecule has 4 nitrogen and oxygen atoms in total. The van der Waals surface area contributed by atoms with Crippen LogP contribution in [0.4, 0.5) is 0 Å². The molecule has 1 aromatic carbocycles. The van der Waals surface area contributed by atoms with E-state index in [-0.39, 0.29) is 24.4 Å². The molecule has 1 aromatic rings. The van der Waals surface area contributed by atoms with E-state index in [4.69, 9.17) is 18.9 Å². The van der Waals surface area contributed by atoms with Gasteiger partial charge in [0, 0.05) is 7.11 Å². The Labute approximate surface area is 126 Å². The second-order valence-electron chi connectivity index (χ2n) is 5.91. The number of fused-ring (bicyclic) bond motifs is 2. The van der Waals surface area contributed by atoms with Crippen LogP contribution in [0.25, 0.3) is 0 Å². The molecular weight excluding hydrogens is 268 g/mol. The van der Waals surface area contributed by atoms with Crippen LogP contribution in [0.2, 0.25) is 0 Å². The number of methoxy groups -OCH3 is 1. The summed E-state index contributed by atoms with van der Waals surface area (Å²) in [7, 11) is 1.73. The first kappa shape index (κ1) is 15.0. The zero-order chi connectivity index (χ0) is 14.9. The summed E-state index contributed by atoms with van der Waals surface area (Å²) in [5.41, 5.74) is 0.694. The molecule has 0 aliphatic carbocycles. The number of rotatable bonds is 6. The van der Waals surface area contributed by atoms with Gasteiger partial charge in [0.15, 0.2) is 0 Å². The minimum Gasteiger partial charge on any atom is -0.375 e. The van der Waals surface area contributed by atoms with Crippen molar-refractivity contribution in [3.8, 4) is 0 Å². The first-order valence-electron chi connectivity index (χ1n) is 7.69. The molecule has 116 valence electrons. The third-order valence-electron chi connectivity index (χ3n) is 4.58. The molecule has 0 spiro atoms. The Morgan fingerprint density at radius 3 is 2.67 bits per heavy atom. The van der Waals surface area contributed by atoms with Crippen molar-refractivity contribution in [2.24, 2.45) is 0 Å².